The number of carbonyl (C=O) groups excluding carboxylic acids is 1. The van der Waals surface area contributed by atoms with E-state index in [1.54, 1.807) is 50.2 Å². The summed E-state index contributed by atoms with van der Waals surface area (Å²) >= 11 is 6.18. The number of nitrogens with one attached hydrogen (secondary N) is 1. The molecule has 0 spiro atoms. The minimum atomic E-state index is -4.91. The summed E-state index contributed by atoms with van der Waals surface area (Å²) in [5, 5.41) is 13.4. The monoisotopic (exact) mass is 634 g/mol. The number of alkyl halides is 3. The Morgan fingerprint density at radius 3 is 2.34 bits per heavy atom. The molecule has 2 N–H and O–H groups in total. The number of fused-ring (bicyclic) bond motifs is 1. The lowest BCUT2D eigenvalue weighted by Gasteiger charge is -2.23. The van der Waals surface area contributed by atoms with Crippen molar-refractivity contribution in [2.24, 2.45) is 5.41 Å². The van der Waals surface area contributed by atoms with Crippen molar-refractivity contribution in [2.45, 2.75) is 32.7 Å². The smallest absolute Gasteiger partial charge is 0.497 e. The van der Waals surface area contributed by atoms with Gasteiger partial charge >= 0.3 is 12.3 Å². The average molecular weight is 635 g/mol. The second-order valence-electron chi connectivity index (χ2n) is 10.4. The van der Waals surface area contributed by atoms with Crippen LogP contribution in [-0.2, 0) is 4.79 Å². The molecule has 1 unspecified atom stereocenters. The summed E-state index contributed by atoms with van der Waals surface area (Å²) in [4.78, 5) is 25.7. The lowest BCUT2D eigenvalue weighted by molar-refractivity contribution is -0.274. The number of rotatable bonds is 12. The molecule has 1 atom stereocenters. The Labute approximate surface area is 256 Å². The molecule has 0 amide bonds. The molecule has 0 saturated carbocycles. The summed E-state index contributed by atoms with van der Waals surface area (Å²) in [5.41, 5.74) is -0.0375. The highest BCUT2D eigenvalue weighted by atomic mass is 35.5. The molecule has 0 fully saturated rings. The number of nitrogens with zero attached hydrogens (tertiary/aromatic N) is 1. The van der Waals surface area contributed by atoms with Crippen molar-refractivity contribution < 1.29 is 46.8 Å². The zero-order valence-corrected chi connectivity index (χ0v) is 25.0. The topological polar surface area (TPSA) is 108 Å². The second kappa shape index (κ2) is 13.0. The van der Waals surface area contributed by atoms with Gasteiger partial charge in [-0.2, -0.15) is 0 Å². The Morgan fingerprint density at radius 2 is 1.68 bits per heavy atom. The normalized spacial score (nSPS) is 12.5. The third-order valence-corrected chi connectivity index (χ3v) is 7.13. The van der Waals surface area contributed by atoms with Crippen LogP contribution >= 0.6 is 11.6 Å². The average Bonchev–Trinajstić information content (AvgIpc) is 3.37. The van der Waals surface area contributed by atoms with Gasteiger partial charge in [-0.05, 0) is 50.6 Å². The molecule has 44 heavy (non-hydrogen) atoms. The van der Waals surface area contributed by atoms with Gasteiger partial charge in [-0.1, -0.05) is 17.7 Å². The number of carbonyl (C=O) groups is 2. The molecule has 0 aliphatic heterocycles. The van der Waals surface area contributed by atoms with Gasteiger partial charge in [-0.3, -0.25) is 14.2 Å². The quantitative estimate of drug-likeness (QED) is 0.164. The number of aliphatic carboxylic acids is 1. The molecule has 4 rings (SSSR count). The minimum Gasteiger partial charge on any atom is -0.497 e. The molecule has 0 bridgehead atoms. The molecule has 4 aromatic rings. The number of carboxylic acid groups (broad SMARTS) is 1. The number of hydrogen-bond donors (Lipinski definition) is 2. The Bertz CT molecular complexity index is 1670. The first-order valence-corrected chi connectivity index (χ1v) is 13.6. The number of ether oxygens (including phenoxy) is 4. The molecule has 13 heteroatoms. The number of halogens is 4. The summed E-state index contributed by atoms with van der Waals surface area (Å²) < 4.78 is 60.8. The molecule has 9 nitrogen and oxygen atoms in total. The Kier molecular flexibility index (Phi) is 9.53. The lowest BCUT2D eigenvalue weighted by Crippen LogP contribution is -2.26. The van der Waals surface area contributed by atoms with E-state index < -0.39 is 35.4 Å². The van der Waals surface area contributed by atoms with Crippen LogP contribution in [0.1, 0.15) is 36.7 Å². The van der Waals surface area contributed by atoms with Crippen molar-refractivity contribution in [1.82, 2.24) is 4.57 Å². The molecule has 1 aromatic heterocycles. The van der Waals surface area contributed by atoms with Crippen molar-refractivity contribution in [1.29, 1.82) is 0 Å². The van der Waals surface area contributed by atoms with Gasteiger partial charge in [-0.25, -0.2) is 0 Å². The van der Waals surface area contributed by atoms with Crippen LogP contribution in [0.25, 0.3) is 10.9 Å². The van der Waals surface area contributed by atoms with Gasteiger partial charge in [0.2, 0.25) is 0 Å². The number of hydrogen-bond acceptors (Lipinski definition) is 7. The van der Waals surface area contributed by atoms with Crippen molar-refractivity contribution in [3.05, 3.63) is 77.4 Å². The van der Waals surface area contributed by atoms with Gasteiger partial charge in [-0.15, -0.1) is 13.2 Å². The van der Waals surface area contributed by atoms with Gasteiger partial charge in [0.1, 0.15) is 29.0 Å². The maximum Gasteiger partial charge on any atom is 0.573 e. The number of benzene rings is 3. The first-order valence-electron chi connectivity index (χ1n) is 13.3. The SMILES string of the molecule is COc1cc(NC(C(=O)n2ccc3ccc(OC(F)(F)F)cc32)c2ccc(Cl)cc2OC)cc(OCCC(C)(C)C(=O)O)c1. The number of carboxylic acids is 1. The maximum atomic E-state index is 14.2. The first kappa shape index (κ1) is 32.3. The number of aromatic nitrogens is 1. The standard InChI is InChI=1S/C31H30ClF3N2O7/c1-30(2,29(39)40)10-12-43-23-15-20(14-22(16-23)41-3)36-27(24-8-6-19(32)13-26(24)42-4)28(38)37-11-9-18-5-7-21(17-25(18)37)44-31(33,34)35/h5-9,11,13-17,27,36H,10,12H2,1-4H3,(H,39,40). The largest absolute Gasteiger partial charge is 0.573 e. The van der Waals surface area contributed by atoms with Crippen LogP contribution in [0.4, 0.5) is 18.9 Å². The molecule has 0 radical (unpaired) electrons. The van der Waals surface area contributed by atoms with Crippen LogP contribution in [0.5, 0.6) is 23.0 Å². The van der Waals surface area contributed by atoms with E-state index in [-0.39, 0.29) is 24.3 Å². The second-order valence-corrected chi connectivity index (χ2v) is 10.9. The van der Waals surface area contributed by atoms with Gasteiger partial charge in [0, 0.05) is 52.1 Å². The zero-order chi connectivity index (χ0) is 32.2. The third kappa shape index (κ3) is 7.67. The summed E-state index contributed by atoms with van der Waals surface area (Å²) in [5.74, 6) is -0.969. The predicted octanol–water partition coefficient (Wildman–Crippen LogP) is 7.58. The van der Waals surface area contributed by atoms with E-state index in [1.165, 1.54) is 37.1 Å². The zero-order valence-electron chi connectivity index (χ0n) is 24.2. The van der Waals surface area contributed by atoms with Crippen LogP contribution in [0, 0.1) is 5.41 Å². The van der Waals surface area contributed by atoms with E-state index in [2.05, 4.69) is 10.1 Å². The molecular formula is C31H30ClF3N2O7. The number of anilines is 1. The van der Waals surface area contributed by atoms with Gasteiger partial charge in [0.25, 0.3) is 5.91 Å². The number of methoxy groups -OCH3 is 2. The fraction of sp³-hybridized carbons (Fsp3) is 0.290. The van der Waals surface area contributed by atoms with Crippen LogP contribution in [-0.4, -0.2) is 48.7 Å². The highest BCUT2D eigenvalue weighted by molar-refractivity contribution is 6.30. The Hall–Kier alpha value is -4.58. The third-order valence-electron chi connectivity index (χ3n) is 6.89. The molecule has 1 heterocycles. The summed E-state index contributed by atoms with van der Waals surface area (Å²) in [6.07, 6.45) is -3.23. The summed E-state index contributed by atoms with van der Waals surface area (Å²) in [6.45, 7) is 3.28. The van der Waals surface area contributed by atoms with Crippen molar-refractivity contribution in [3.63, 3.8) is 0 Å². The Balaban J connectivity index is 1.74. The van der Waals surface area contributed by atoms with E-state index in [1.807, 2.05) is 0 Å². The van der Waals surface area contributed by atoms with Crippen molar-refractivity contribution in [2.75, 3.05) is 26.1 Å². The fourth-order valence-electron chi connectivity index (χ4n) is 4.39. The van der Waals surface area contributed by atoms with E-state index in [0.29, 0.717) is 33.2 Å². The summed E-state index contributed by atoms with van der Waals surface area (Å²) in [7, 11) is 2.87. The van der Waals surface area contributed by atoms with Gasteiger partial charge < -0.3 is 29.4 Å². The molecule has 3 aromatic carbocycles. The maximum absolute atomic E-state index is 14.2. The minimum absolute atomic E-state index is 0.0942. The van der Waals surface area contributed by atoms with E-state index in [4.69, 9.17) is 25.8 Å². The molecule has 0 aliphatic rings. The fourth-order valence-corrected chi connectivity index (χ4v) is 4.55. The van der Waals surface area contributed by atoms with E-state index >= 15 is 0 Å². The van der Waals surface area contributed by atoms with Gasteiger partial charge in [0.15, 0.2) is 0 Å². The molecule has 0 aliphatic carbocycles. The lowest BCUT2D eigenvalue weighted by atomic mass is 9.90. The van der Waals surface area contributed by atoms with Crippen molar-refractivity contribution in [3.8, 4) is 23.0 Å². The van der Waals surface area contributed by atoms with Crippen LogP contribution in [0.2, 0.25) is 5.02 Å². The highest BCUT2D eigenvalue weighted by Gasteiger charge is 2.32. The van der Waals surface area contributed by atoms with Crippen LogP contribution in [0.15, 0.2) is 66.9 Å². The van der Waals surface area contributed by atoms with Crippen molar-refractivity contribution >= 4 is 40.1 Å². The highest BCUT2D eigenvalue weighted by Crippen LogP contribution is 2.36. The predicted molar refractivity (Wildman–Crippen MR) is 158 cm³/mol. The van der Waals surface area contributed by atoms with Crippen LogP contribution < -0.4 is 24.3 Å². The molecular weight excluding hydrogens is 605 g/mol. The molecule has 234 valence electrons. The van der Waals surface area contributed by atoms with Gasteiger partial charge in [0.05, 0.1) is 31.8 Å². The first-order chi connectivity index (χ1) is 20.7. The summed E-state index contributed by atoms with van der Waals surface area (Å²) in [6, 6.07) is 13.7. The van der Waals surface area contributed by atoms with E-state index in [9.17, 15) is 27.9 Å². The van der Waals surface area contributed by atoms with E-state index in [0.717, 1.165) is 12.1 Å². The van der Waals surface area contributed by atoms with Crippen LogP contribution in [0.3, 0.4) is 0 Å². The molecule has 0 saturated heterocycles. The Morgan fingerprint density at radius 1 is 0.955 bits per heavy atom.